The van der Waals surface area contributed by atoms with Crippen molar-refractivity contribution >= 4 is 0 Å². The zero-order valence-corrected chi connectivity index (χ0v) is 9.93. The molecule has 0 radical (unpaired) electrons. The van der Waals surface area contributed by atoms with Crippen LogP contribution in [0.25, 0.3) is 0 Å². The van der Waals surface area contributed by atoms with Crippen LogP contribution in [-0.2, 0) is 13.1 Å². The Kier molecular flexibility index (Phi) is 4.39. The Morgan fingerprint density at radius 2 is 2.17 bits per heavy atom. The first-order chi connectivity index (χ1) is 8.88. The Morgan fingerprint density at radius 1 is 1.22 bits per heavy atom. The molecule has 1 aromatic heterocycles. The molecule has 0 aliphatic carbocycles. The van der Waals surface area contributed by atoms with Gasteiger partial charge in [-0.3, -0.25) is 0 Å². The van der Waals surface area contributed by atoms with E-state index >= 15 is 0 Å². The first-order valence-electron chi connectivity index (χ1n) is 5.70. The van der Waals surface area contributed by atoms with Crippen LogP contribution in [0.5, 0.6) is 5.75 Å². The van der Waals surface area contributed by atoms with Gasteiger partial charge in [-0.1, -0.05) is 12.1 Å². The molecule has 0 spiro atoms. The second kappa shape index (κ2) is 6.48. The largest absolute Gasteiger partial charge is 0.479 e. The second-order valence-electron chi connectivity index (χ2n) is 3.78. The normalized spacial score (nSPS) is 9.94. The molecule has 92 valence electrons. The number of benzene rings is 1. The first kappa shape index (κ1) is 12.2. The molecule has 0 saturated heterocycles. The van der Waals surface area contributed by atoms with Crippen molar-refractivity contribution in [2.45, 2.75) is 13.1 Å². The smallest absolute Gasteiger partial charge is 0.174 e. The molecule has 0 fully saturated rings. The molecule has 1 N–H and O–H groups in total. The summed E-state index contributed by atoms with van der Waals surface area (Å²) in [5.74, 6) is 1.63. The van der Waals surface area contributed by atoms with Crippen molar-refractivity contribution < 1.29 is 9.15 Å². The van der Waals surface area contributed by atoms with Crippen molar-refractivity contribution in [3.63, 3.8) is 0 Å². The Hall–Kier alpha value is -2.25. The van der Waals surface area contributed by atoms with Gasteiger partial charge >= 0.3 is 0 Å². The van der Waals surface area contributed by atoms with Gasteiger partial charge < -0.3 is 14.5 Å². The Bertz CT molecular complexity index is 515. The predicted molar refractivity (Wildman–Crippen MR) is 66.8 cm³/mol. The molecule has 0 atom stereocenters. The van der Waals surface area contributed by atoms with Crippen molar-refractivity contribution in [2.75, 3.05) is 6.61 Å². The van der Waals surface area contributed by atoms with E-state index in [0.29, 0.717) is 12.3 Å². The molecule has 2 rings (SSSR count). The summed E-state index contributed by atoms with van der Waals surface area (Å²) >= 11 is 0. The van der Waals surface area contributed by atoms with Gasteiger partial charge in [0.05, 0.1) is 12.8 Å². The summed E-state index contributed by atoms with van der Waals surface area (Å²) in [5.41, 5.74) is 1.11. The van der Waals surface area contributed by atoms with Gasteiger partial charge in [0.2, 0.25) is 0 Å². The van der Waals surface area contributed by atoms with Gasteiger partial charge in [-0.2, -0.15) is 5.26 Å². The van der Waals surface area contributed by atoms with Crippen molar-refractivity contribution in [1.29, 1.82) is 5.26 Å². The molecule has 0 amide bonds. The first-order valence-corrected chi connectivity index (χ1v) is 5.70. The van der Waals surface area contributed by atoms with Gasteiger partial charge in [0.15, 0.2) is 6.61 Å². The molecule has 18 heavy (non-hydrogen) atoms. The summed E-state index contributed by atoms with van der Waals surface area (Å²) < 4.78 is 10.5. The number of hydrogen-bond acceptors (Lipinski definition) is 4. The van der Waals surface area contributed by atoms with Gasteiger partial charge in [-0.25, -0.2) is 0 Å². The van der Waals surface area contributed by atoms with Crippen molar-refractivity contribution in [2.24, 2.45) is 0 Å². The lowest BCUT2D eigenvalue weighted by molar-refractivity contribution is 0.367. The summed E-state index contributed by atoms with van der Waals surface area (Å²) in [6, 6.07) is 13.4. The van der Waals surface area contributed by atoms with Crippen LogP contribution in [0.4, 0.5) is 0 Å². The summed E-state index contributed by atoms with van der Waals surface area (Å²) in [7, 11) is 0. The monoisotopic (exact) mass is 242 g/mol. The standard InChI is InChI=1S/C14H14N2O2/c15-6-8-18-13-4-1-3-12(9-13)10-16-11-14-5-2-7-17-14/h1-5,7,9,16H,8,10-11H2. The number of hydrogen-bond donors (Lipinski definition) is 1. The highest BCUT2D eigenvalue weighted by Crippen LogP contribution is 2.13. The number of nitriles is 1. The third kappa shape index (κ3) is 3.65. The number of furan rings is 1. The van der Waals surface area contributed by atoms with E-state index in [9.17, 15) is 0 Å². The van der Waals surface area contributed by atoms with Gasteiger partial charge in [0.1, 0.15) is 17.6 Å². The third-order valence-corrected chi connectivity index (χ3v) is 2.41. The van der Waals surface area contributed by atoms with Gasteiger partial charge in [0, 0.05) is 6.54 Å². The zero-order chi connectivity index (χ0) is 12.6. The lowest BCUT2D eigenvalue weighted by atomic mass is 10.2. The van der Waals surface area contributed by atoms with Crippen LogP contribution >= 0.6 is 0 Å². The van der Waals surface area contributed by atoms with E-state index in [0.717, 1.165) is 17.9 Å². The van der Waals surface area contributed by atoms with E-state index in [-0.39, 0.29) is 6.61 Å². The van der Waals surface area contributed by atoms with Crippen LogP contribution in [0, 0.1) is 11.3 Å². The molecule has 0 saturated carbocycles. The Balaban J connectivity index is 1.83. The second-order valence-corrected chi connectivity index (χ2v) is 3.78. The van der Waals surface area contributed by atoms with E-state index in [1.807, 2.05) is 42.5 Å². The Morgan fingerprint density at radius 3 is 2.94 bits per heavy atom. The highest BCUT2D eigenvalue weighted by molar-refractivity contribution is 5.28. The zero-order valence-electron chi connectivity index (χ0n) is 9.93. The number of nitrogens with one attached hydrogen (secondary N) is 1. The van der Waals surface area contributed by atoms with Crippen LogP contribution < -0.4 is 10.1 Å². The highest BCUT2D eigenvalue weighted by atomic mass is 16.5. The Labute approximate surface area is 106 Å². The maximum Gasteiger partial charge on any atom is 0.174 e. The summed E-state index contributed by atoms with van der Waals surface area (Å²) in [6.07, 6.45) is 1.66. The van der Waals surface area contributed by atoms with Crippen molar-refractivity contribution in [3.05, 3.63) is 54.0 Å². The molecular formula is C14H14N2O2. The van der Waals surface area contributed by atoms with E-state index in [1.54, 1.807) is 6.26 Å². The number of ether oxygens (including phenoxy) is 1. The van der Waals surface area contributed by atoms with Crippen LogP contribution in [0.1, 0.15) is 11.3 Å². The minimum absolute atomic E-state index is 0.0727. The molecular weight excluding hydrogens is 228 g/mol. The molecule has 4 nitrogen and oxygen atoms in total. The van der Waals surface area contributed by atoms with Gasteiger partial charge in [0.25, 0.3) is 0 Å². The molecule has 2 aromatic rings. The molecule has 0 unspecified atom stereocenters. The van der Waals surface area contributed by atoms with E-state index < -0.39 is 0 Å². The topological polar surface area (TPSA) is 58.2 Å². The number of rotatable bonds is 6. The van der Waals surface area contributed by atoms with E-state index in [4.69, 9.17) is 14.4 Å². The minimum atomic E-state index is 0.0727. The average Bonchev–Trinajstić information content (AvgIpc) is 2.90. The van der Waals surface area contributed by atoms with Gasteiger partial charge in [-0.15, -0.1) is 0 Å². The minimum Gasteiger partial charge on any atom is -0.479 e. The molecule has 1 aromatic carbocycles. The SMILES string of the molecule is N#CCOc1cccc(CNCc2ccco2)c1. The maximum atomic E-state index is 8.45. The lowest BCUT2D eigenvalue weighted by Gasteiger charge is -2.06. The number of nitrogens with zero attached hydrogens (tertiary/aromatic N) is 1. The average molecular weight is 242 g/mol. The summed E-state index contributed by atoms with van der Waals surface area (Å²) in [6.45, 7) is 1.49. The quantitative estimate of drug-likeness (QED) is 0.845. The summed E-state index contributed by atoms with van der Waals surface area (Å²) in [4.78, 5) is 0. The van der Waals surface area contributed by atoms with E-state index in [1.165, 1.54) is 0 Å². The molecule has 0 bridgehead atoms. The van der Waals surface area contributed by atoms with Crippen molar-refractivity contribution in [1.82, 2.24) is 5.32 Å². The highest BCUT2D eigenvalue weighted by Gasteiger charge is 1.98. The van der Waals surface area contributed by atoms with Crippen LogP contribution in [0.3, 0.4) is 0 Å². The fraction of sp³-hybridized carbons (Fsp3) is 0.214. The molecule has 4 heteroatoms. The third-order valence-electron chi connectivity index (χ3n) is 2.41. The van der Waals surface area contributed by atoms with Crippen LogP contribution in [-0.4, -0.2) is 6.61 Å². The van der Waals surface area contributed by atoms with Crippen LogP contribution in [0.2, 0.25) is 0 Å². The van der Waals surface area contributed by atoms with Crippen LogP contribution in [0.15, 0.2) is 47.1 Å². The maximum absolute atomic E-state index is 8.45. The lowest BCUT2D eigenvalue weighted by Crippen LogP contribution is -2.12. The fourth-order valence-electron chi connectivity index (χ4n) is 1.60. The predicted octanol–water partition coefficient (Wildman–Crippen LogP) is 2.47. The van der Waals surface area contributed by atoms with Gasteiger partial charge in [-0.05, 0) is 29.8 Å². The van der Waals surface area contributed by atoms with E-state index in [2.05, 4.69) is 5.32 Å². The van der Waals surface area contributed by atoms with Crippen molar-refractivity contribution in [3.8, 4) is 11.8 Å². The summed E-state index contributed by atoms with van der Waals surface area (Å²) in [5, 5.41) is 11.7. The molecule has 0 aliphatic heterocycles. The molecule has 0 aliphatic rings. The fourth-order valence-corrected chi connectivity index (χ4v) is 1.60. The molecule has 1 heterocycles.